The molecule has 0 saturated carbocycles. The van der Waals surface area contributed by atoms with Crippen molar-refractivity contribution >= 4 is 28.4 Å². The molecule has 0 unspecified atom stereocenters. The van der Waals surface area contributed by atoms with Crippen molar-refractivity contribution in [2.45, 2.75) is 19.9 Å². The molecule has 0 aliphatic carbocycles. The number of nitrogens with zero attached hydrogens (tertiary/aromatic N) is 2. The average Bonchev–Trinajstić information content (AvgIpc) is 2.70. The maximum Gasteiger partial charge on any atom is 0.353 e. The molecule has 1 aromatic heterocycles. The van der Waals surface area contributed by atoms with Gasteiger partial charge in [-0.05, 0) is 19.9 Å². The van der Waals surface area contributed by atoms with Gasteiger partial charge in [0.25, 0.3) is 0 Å². The molecule has 2 aromatic rings. The molecule has 0 radical (unpaired) electrons. The van der Waals surface area contributed by atoms with Gasteiger partial charge in [-0.2, -0.15) is 0 Å². The number of rotatable bonds is 2. The molecular weight excluding hydrogens is 260 g/mol. The van der Waals surface area contributed by atoms with Crippen LogP contribution in [0.1, 0.15) is 13.8 Å². The minimum absolute atomic E-state index is 0.131. The zero-order valence-electron chi connectivity index (χ0n) is 11.0. The largest absolute Gasteiger partial charge is 0.493 e. The Morgan fingerprint density at radius 3 is 2.70 bits per heavy atom. The summed E-state index contributed by atoms with van der Waals surface area (Å²) >= 11 is 0. The Balaban J connectivity index is 2.24. The van der Waals surface area contributed by atoms with Crippen LogP contribution in [0.15, 0.2) is 34.5 Å². The molecule has 0 bridgehead atoms. The molecule has 0 aliphatic heterocycles. The summed E-state index contributed by atoms with van der Waals surface area (Å²) in [6.45, 7) is 3.46. The van der Waals surface area contributed by atoms with E-state index >= 15 is 0 Å². The lowest BCUT2D eigenvalue weighted by molar-refractivity contribution is -0.137. The number of para-hydroxylation sites is 1. The highest BCUT2D eigenvalue weighted by atomic mass is 16.3. The lowest BCUT2D eigenvalue weighted by Crippen LogP contribution is -2.34. The summed E-state index contributed by atoms with van der Waals surface area (Å²) in [4.78, 5) is 25.5. The van der Waals surface area contributed by atoms with Crippen LogP contribution in [0, 0.1) is 0 Å². The lowest BCUT2D eigenvalue weighted by atomic mass is 10.2. The van der Waals surface area contributed by atoms with E-state index in [1.807, 2.05) is 0 Å². The summed E-state index contributed by atoms with van der Waals surface area (Å²) in [5, 5.41) is 19.7. The average molecular weight is 274 g/mol. The van der Waals surface area contributed by atoms with Crippen LogP contribution < -0.4 is 5.32 Å². The van der Waals surface area contributed by atoms with E-state index in [0.29, 0.717) is 10.9 Å². The predicted molar refractivity (Wildman–Crippen MR) is 72.8 cm³/mol. The molecule has 1 aromatic carbocycles. The number of aromatic nitrogens is 1. The van der Waals surface area contributed by atoms with Gasteiger partial charge in [0.15, 0.2) is 5.69 Å². The van der Waals surface area contributed by atoms with Gasteiger partial charge in [0.2, 0.25) is 5.88 Å². The van der Waals surface area contributed by atoms with Gasteiger partial charge >= 0.3 is 11.8 Å². The minimum Gasteiger partial charge on any atom is -0.493 e. The van der Waals surface area contributed by atoms with Crippen molar-refractivity contribution in [1.29, 1.82) is 0 Å². The first-order valence-corrected chi connectivity index (χ1v) is 6.05. The first-order valence-electron chi connectivity index (χ1n) is 6.05. The van der Waals surface area contributed by atoms with Crippen LogP contribution in [0.5, 0.6) is 5.88 Å². The fraction of sp³-hybridized carbons (Fsp3) is 0.231. The van der Waals surface area contributed by atoms with E-state index in [1.54, 1.807) is 38.1 Å². The van der Waals surface area contributed by atoms with Crippen LogP contribution in [0.25, 0.3) is 10.9 Å². The van der Waals surface area contributed by atoms with Crippen LogP contribution >= 0.6 is 0 Å². The quantitative estimate of drug-likeness (QED) is 0.576. The molecule has 7 heteroatoms. The van der Waals surface area contributed by atoms with Crippen LogP contribution in [0.2, 0.25) is 0 Å². The maximum absolute atomic E-state index is 11.5. The van der Waals surface area contributed by atoms with E-state index in [-0.39, 0.29) is 17.6 Å². The van der Waals surface area contributed by atoms with Crippen molar-refractivity contribution in [3.63, 3.8) is 0 Å². The van der Waals surface area contributed by atoms with Gasteiger partial charge in [-0.3, -0.25) is 9.59 Å². The molecule has 0 atom stereocenters. The third-order valence-corrected chi connectivity index (χ3v) is 2.51. The van der Waals surface area contributed by atoms with Crippen molar-refractivity contribution in [3.05, 3.63) is 24.3 Å². The van der Waals surface area contributed by atoms with E-state index in [9.17, 15) is 14.7 Å². The first-order chi connectivity index (χ1) is 9.49. The summed E-state index contributed by atoms with van der Waals surface area (Å²) in [5.74, 6) is -2.04. The lowest BCUT2D eigenvalue weighted by Gasteiger charge is -2.03. The number of H-pyrrole nitrogens is 1. The van der Waals surface area contributed by atoms with E-state index in [2.05, 4.69) is 20.5 Å². The summed E-state index contributed by atoms with van der Waals surface area (Å²) < 4.78 is 0. The van der Waals surface area contributed by atoms with Gasteiger partial charge < -0.3 is 15.4 Å². The number of hydrogen-bond acceptors (Lipinski definition) is 4. The Morgan fingerprint density at radius 2 is 2.00 bits per heavy atom. The highest BCUT2D eigenvalue weighted by Crippen LogP contribution is 2.35. The highest BCUT2D eigenvalue weighted by Gasteiger charge is 2.15. The summed E-state index contributed by atoms with van der Waals surface area (Å²) in [7, 11) is 0. The molecule has 2 amide bonds. The molecule has 1 heterocycles. The van der Waals surface area contributed by atoms with Gasteiger partial charge in [0.05, 0.1) is 5.52 Å². The van der Waals surface area contributed by atoms with E-state index in [4.69, 9.17) is 0 Å². The number of carbonyl (C=O) groups excluding carboxylic acids is 2. The minimum atomic E-state index is -1.01. The topological polar surface area (TPSA) is 107 Å². The Hall–Kier alpha value is -2.70. The van der Waals surface area contributed by atoms with Gasteiger partial charge in [0, 0.05) is 11.4 Å². The molecule has 104 valence electrons. The normalized spacial score (nSPS) is 11.3. The molecule has 0 fully saturated rings. The van der Waals surface area contributed by atoms with Gasteiger partial charge in [-0.15, -0.1) is 10.2 Å². The number of carbonyl (C=O) groups is 2. The molecule has 0 spiro atoms. The maximum atomic E-state index is 11.5. The Kier molecular flexibility index (Phi) is 3.79. The zero-order chi connectivity index (χ0) is 14.7. The summed E-state index contributed by atoms with van der Waals surface area (Å²) in [6, 6.07) is 6.87. The highest BCUT2D eigenvalue weighted by molar-refractivity contribution is 6.35. The van der Waals surface area contributed by atoms with Crippen molar-refractivity contribution in [2.75, 3.05) is 0 Å². The van der Waals surface area contributed by atoms with Crippen LogP contribution in [0.4, 0.5) is 5.69 Å². The predicted octanol–water partition coefficient (Wildman–Crippen LogP) is 2.01. The van der Waals surface area contributed by atoms with Crippen molar-refractivity contribution in [1.82, 2.24) is 10.3 Å². The summed E-state index contributed by atoms with van der Waals surface area (Å²) in [5.41, 5.74) is 0.796. The zero-order valence-corrected chi connectivity index (χ0v) is 11.0. The number of amides is 2. The first kappa shape index (κ1) is 13.7. The Labute approximate surface area is 114 Å². The number of aromatic amines is 1. The fourth-order valence-corrected chi connectivity index (χ4v) is 1.68. The number of hydrogen-bond donors (Lipinski definition) is 3. The van der Waals surface area contributed by atoms with Crippen LogP contribution in [0.3, 0.4) is 0 Å². The number of azo groups is 1. The second-order valence-corrected chi connectivity index (χ2v) is 4.50. The molecule has 2 rings (SSSR count). The summed E-state index contributed by atoms with van der Waals surface area (Å²) in [6.07, 6.45) is 0. The SMILES string of the molecule is CC(C)NC(=O)C(=O)N=Nc1c(O)[nH]c2ccccc12. The second-order valence-electron chi connectivity index (χ2n) is 4.50. The van der Waals surface area contributed by atoms with Crippen LogP contribution in [-0.4, -0.2) is 27.9 Å². The monoisotopic (exact) mass is 274 g/mol. The van der Waals surface area contributed by atoms with Crippen molar-refractivity contribution < 1.29 is 14.7 Å². The third kappa shape index (κ3) is 2.82. The second kappa shape index (κ2) is 5.52. The van der Waals surface area contributed by atoms with E-state index in [0.717, 1.165) is 0 Å². The number of benzene rings is 1. The molecule has 7 nitrogen and oxygen atoms in total. The van der Waals surface area contributed by atoms with Crippen molar-refractivity contribution in [2.24, 2.45) is 10.2 Å². The smallest absolute Gasteiger partial charge is 0.353 e. The molecule has 20 heavy (non-hydrogen) atoms. The van der Waals surface area contributed by atoms with Gasteiger partial charge in [0.1, 0.15) is 0 Å². The number of aromatic hydroxyl groups is 1. The van der Waals surface area contributed by atoms with Gasteiger partial charge in [-0.1, -0.05) is 18.2 Å². The molecule has 0 aliphatic rings. The fourth-order valence-electron chi connectivity index (χ4n) is 1.68. The standard InChI is InChI=1S/C13H14N4O3/c1-7(2)14-12(19)13(20)17-16-10-8-5-3-4-6-9(8)15-11(10)18/h3-7,15,18H,1-2H3,(H,14,19). The number of nitrogens with one attached hydrogen (secondary N) is 2. The Morgan fingerprint density at radius 1 is 1.30 bits per heavy atom. The Bertz CT molecular complexity index is 688. The van der Waals surface area contributed by atoms with E-state index < -0.39 is 11.8 Å². The molecule has 0 saturated heterocycles. The third-order valence-electron chi connectivity index (χ3n) is 2.51. The molecule has 3 N–H and O–H groups in total. The van der Waals surface area contributed by atoms with Crippen molar-refractivity contribution in [3.8, 4) is 5.88 Å². The van der Waals surface area contributed by atoms with E-state index in [1.165, 1.54) is 0 Å². The molecular formula is C13H14N4O3. The number of fused-ring (bicyclic) bond motifs is 1. The van der Waals surface area contributed by atoms with Gasteiger partial charge in [-0.25, -0.2) is 0 Å². The van der Waals surface area contributed by atoms with Crippen LogP contribution in [-0.2, 0) is 9.59 Å².